The van der Waals surface area contributed by atoms with Crippen molar-refractivity contribution < 1.29 is 42.7 Å². The first-order valence-corrected chi connectivity index (χ1v) is 14.4. The number of phosphoric ester groups is 1. The average Bonchev–Trinajstić information content (AvgIpc) is 2.81. The molecule has 0 rings (SSSR count). The summed E-state index contributed by atoms with van der Waals surface area (Å²) in [7, 11) is -4.77. The van der Waals surface area contributed by atoms with E-state index in [0.29, 0.717) is 12.7 Å². The number of aldehydes is 1. The lowest BCUT2D eigenvalue weighted by molar-refractivity contribution is -0.161. The fourth-order valence-electron chi connectivity index (χ4n) is 3.32. The van der Waals surface area contributed by atoms with Crippen LogP contribution >= 0.6 is 7.82 Å². The maximum Gasteiger partial charge on any atom is 0.469 e. The molecule has 0 aromatic rings. The summed E-state index contributed by atoms with van der Waals surface area (Å²) < 4.78 is 25.3. The fraction of sp³-hybridized carbons (Fsp3) is 0.800. The van der Waals surface area contributed by atoms with Crippen LogP contribution in [0.15, 0.2) is 12.2 Å². The van der Waals surface area contributed by atoms with E-state index >= 15 is 0 Å². The third-order valence-electron chi connectivity index (χ3n) is 5.27. The van der Waals surface area contributed by atoms with Crippen LogP contribution in [0.5, 0.6) is 0 Å². The zero-order valence-corrected chi connectivity index (χ0v) is 22.1. The van der Waals surface area contributed by atoms with Gasteiger partial charge in [-0.25, -0.2) is 4.57 Å². The predicted molar refractivity (Wildman–Crippen MR) is 134 cm³/mol. The topological polar surface area (TPSA) is 136 Å². The number of esters is 2. The van der Waals surface area contributed by atoms with Crippen molar-refractivity contribution in [2.45, 2.75) is 116 Å². The van der Waals surface area contributed by atoms with E-state index in [-0.39, 0.29) is 25.9 Å². The molecule has 0 aliphatic heterocycles. The fourth-order valence-corrected chi connectivity index (χ4v) is 3.68. The van der Waals surface area contributed by atoms with E-state index in [1.165, 1.54) is 44.9 Å². The Morgan fingerprint density at radius 2 is 1.34 bits per heavy atom. The number of carbonyl (C=O) groups is 3. The number of hydrogen-bond acceptors (Lipinski definition) is 7. The van der Waals surface area contributed by atoms with Gasteiger partial charge in [0.05, 0.1) is 13.0 Å². The van der Waals surface area contributed by atoms with Crippen molar-refractivity contribution in [1.29, 1.82) is 0 Å². The van der Waals surface area contributed by atoms with Crippen LogP contribution in [-0.2, 0) is 32.9 Å². The van der Waals surface area contributed by atoms with E-state index in [0.717, 1.165) is 32.1 Å². The molecule has 1 atom stereocenters. The normalized spacial score (nSPS) is 12.5. The van der Waals surface area contributed by atoms with Crippen LogP contribution in [0.1, 0.15) is 110 Å². The van der Waals surface area contributed by atoms with Gasteiger partial charge in [0.1, 0.15) is 12.9 Å². The van der Waals surface area contributed by atoms with Crippen LogP contribution in [-0.4, -0.2) is 47.3 Å². The molecule has 0 spiro atoms. The van der Waals surface area contributed by atoms with Gasteiger partial charge in [-0.2, -0.15) is 0 Å². The maximum absolute atomic E-state index is 11.9. The minimum Gasteiger partial charge on any atom is -0.462 e. The van der Waals surface area contributed by atoms with E-state index in [1.807, 2.05) is 0 Å². The summed E-state index contributed by atoms with van der Waals surface area (Å²) in [6, 6.07) is 0. The molecule has 0 heterocycles. The van der Waals surface area contributed by atoms with Crippen molar-refractivity contribution >= 4 is 26.0 Å². The minimum absolute atomic E-state index is 0.0415. The largest absolute Gasteiger partial charge is 0.469 e. The third kappa shape index (κ3) is 25.4. The molecule has 0 unspecified atom stereocenters. The van der Waals surface area contributed by atoms with E-state index in [2.05, 4.69) is 23.6 Å². The Hall–Kier alpha value is -1.54. The van der Waals surface area contributed by atoms with E-state index in [9.17, 15) is 18.9 Å². The number of carbonyl (C=O) groups excluding carboxylic acids is 3. The molecule has 0 aliphatic rings. The number of ether oxygens (including phenoxy) is 2. The molecule has 10 heteroatoms. The van der Waals surface area contributed by atoms with Gasteiger partial charge in [-0.3, -0.25) is 14.1 Å². The standard InChI is InChI=1S/C25H45O9P/c1-2-3-4-5-6-7-8-9-10-11-12-13-14-15-16-18-24(27)32-21-23(22-33-35(29,30)31)34-25(28)19-17-20-26/h9-10,20,23H,2-8,11-19,21-22H2,1H3,(H2,29,30,31)/b10-9-/t23-/m1/s1. The van der Waals surface area contributed by atoms with Crippen molar-refractivity contribution in [2.75, 3.05) is 13.2 Å². The van der Waals surface area contributed by atoms with Crippen molar-refractivity contribution in [2.24, 2.45) is 0 Å². The number of unbranched alkanes of at least 4 members (excludes halogenated alkanes) is 11. The summed E-state index contributed by atoms with van der Waals surface area (Å²) in [6.07, 6.45) is 18.9. The van der Waals surface area contributed by atoms with Crippen LogP contribution in [0.3, 0.4) is 0 Å². The summed E-state index contributed by atoms with van der Waals surface area (Å²) in [6.45, 7) is 1.23. The maximum atomic E-state index is 11.9. The summed E-state index contributed by atoms with van der Waals surface area (Å²) in [5, 5.41) is 0. The van der Waals surface area contributed by atoms with Gasteiger partial charge in [-0.1, -0.05) is 70.4 Å². The molecule has 0 aromatic carbocycles. The Kier molecular flexibility index (Phi) is 21.9. The third-order valence-corrected chi connectivity index (χ3v) is 5.75. The summed E-state index contributed by atoms with van der Waals surface area (Å²) in [5.41, 5.74) is 0. The highest BCUT2D eigenvalue weighted by molar-refractivity contribution is 7.46. The Morgan fingerprint density at radius 1 is 0.771 bits per heavy atom. The van der Waals surface area contributed by atoms with Gasteiger partial charge in [-0.15, -0.1) is 0 Å². The highest BCUT2D eigenvalue weighted by atomic mass is 31.2. The molecule has 0 amide bonds. The van der Waals surface area contributed by atoms with Crippen LogP contribution in [0.4, 0.5) is 0 Å². The molecule has 0 saturated carbocycles. The first-order valence-electron chi connectivity index (χ1n) is 12.9. The second-order valence-electron chi connectivity index (χ2n) is 8.62. The van der Waals surface area contributed by atoms with E-state index < -0.39 is 32.5 Å². The van der Waals surface area contributed by atoms with Gasteiger partial charge in [0.2, 0.25) is 0 Å². The van der Waals surface area contributed by atoms with Crippen LogP contribution in [0.25, 0.3) is 0 Å². The molecule has 0 aliphatic carbocycles. The number of rotatable bonds is 24. The molecule has 0 fully saturated rings. The molecular weight excluding hydrogens is 475 g/mol. The molecule has 0 radical (unpaired) electrons. The van der Waals surface area contributed by atoms with E-state index in [1.54, 1.807) is 0 Å². The molecule has 0 saturated heterocycles. The second kappa shape index (κ2) is 22.9. The first kappa shape index (κ1) is 33.5. The Morgan fingerprint density at radius 3 is 1.91 bits per heavy atom. The molecule has 204 valence electrons. The Labute approximate surface area is 210 Å². The summed E-state index contributed by atoms with van der Waals surface area (Å²) in [4.78, 5) is 51.5. The van der Waals surface area contributed by atoms with Gasteiger partial charge < -0.3 is 24.1 Å². The van der Waals surface area contributed by atoms with Crippen molar-refractivity contribution in [1.82, 2.24) is 0 Å². The van der Waals surface area contributed by atoms with Gasteiger partial charge in [0.15, 0.2) is 6.10 Å². The molecule has 0 aromatic heterocycles. The SMILES string of the molecule is CCCCCCCC/C=C\CCCCCCCC(=O)OC[C@H](COP(=O)(O)O)OC(=O)CCC=O. The molecule has 0 bridgehead atoms. The smallest absolute Gasteiger partial charge is 0.462 e. The molecular formula is C25H45O9P. The number of phosphoric acid groups is 1. The quantitative estimate of drug-likeness (QED) is 0.0550. The first-order chi connectivity index (χ1) is 16.8. The van der Waals surface area contributed by atoms with Crippen molar-refractivity contribution in [3.05, 3.63) is 12.2 Å². The summed E-state index contributed by atoms with van der Waals surface area (Å²) in [5.74, 6) is -1.22. The summed E-state index contributed by atoms with van der Waals surface area (Å²) >= 11 is 0. The molecule has 35 heavy (non-hydrogen) atoms. The lowest BCUT2D eigenvalue weighted by Gasteiger charge is -2.18. The lowest BCUT2D eigenvalue weighted by atomic mass is 10.1. The average molecular weight is 521 g/mol. The highest BCUT2D eigenvalue weighted by Gasteiger charge is 2.22. The highest BCUT2D eigenvalue weighted by Crippen LogP contribution is 2.35. The zero-order valence-electron chi connectivity index (χ0n) is 21.2. The lowest BCUT2D eigenvalue weighted by Crippen LogP contribution is -2.29. The zero-order chi connectivity index (χ0) is 26.2. The van der Waals surface area contributed by atoms with Crippen LogP contribution in [0, 0.1) is 0 Å². The second-order valence-corrected chi connectivity index (χ2v) is 9.86. The van der Waals surface area contributed by atoms with Gasteiger partial charge >= 0.3 is 19.8 Å². The predicted octanol–water partition coefficient (Wildman–Crippen LogP) is 5.57. The van der Waals surface area contributed by atoms with Gasteiger partial charge in [0, 0.05) is 12.8 Å². The Balaban J connectivity index is 3.86. The minimum atomic E-state index is -4.77. The Bertz CT molecular complexity index is 630. The van der Waals surface area contributed by atoms with Crippen molar-refractivity contribution in [3.63, 3.8) is 0 Å². The van der Waals surface area contributed by atoms with Crippen LogP contribution in [0.2, 0.25) is 0 Å². The van der Waals surface area contributed by atoms with Gasteiger partial charge in [-0.05, 0) is 32.1 Å². The van der Waals surface area contributed by atoms with Crippen molar-refractivity contribution in [3.8, 4) is 0 Å². The number of allylic oxidation sites excluding steroid dienone is 2. The van der Waals surface area contributed by atoms with Gasteiger partial charge in [0.25, 0.3) is 0 Å². The molecule has 9 nitrogen and oxygen atoms in total. The number of hydrogen-bond donors (Lipinski definition) is 2. The van der Waals surface area contributed by atoms with Crippen LogP contribution < -0.4 is 0 Å². The van der Waals surface area contributed by atoms with E-state index in [4.69, 9.17) is 19.3 Å². The monoisotopic (exact) mass is 520 g/mol. The molecule has 2 N–H and O–H groups in total.